The maximum atomic E-state index is 11.1. The number of hydrogen-bond donors (Lipinski definition) is 1. The molecule has 2 nitrogen and oxygen atoms in total. The lowest BCUT2D eigenvalue weighted by Gasteiger charge is -2.04. The molecule has 0 aliphatic heterocycles. The van der Waals surface area contributed by atoms with Crippen LogP contribution in [0, 0.1) is 0 Å². The molecule has 0 aromatic heterocycles. The molecule has 3 heteroatoms. The summed E-state index contributed by atoms with van der Waals surface area (Å²) in [4.78, 5) is 11.1. The Morgan fingerprint density at radius 1 is 1.20 bits per heavy atom. The number of carboxylic acid groups (broad SMARTS) is 1. The van der Waals surface area contributed by atoms with Crippen LogP contribution in [0.2, 0.25) is 5.02 Å². The van der Waals surface area contributed by atoms with Gasteiger partial charge >= 0.3 is 5.97 Å². The molecule has 0 saturated carbocycles. The standard InChI is InChI=1S/C17H13ClO2/c1-2-10-6-7-12-13(8-10)14(9-16(19)20)11-4-3-5-15(18)17(11)12/h3-9H,2H2,1H3,(H,19,20)/b14-9-. The van der Waals surface area contributed by atoms with E-state index in [0.29, 0.717) is 5.02 Å². The van der Waals surface area contributed by atoms with Gasteiger partial charge in [-0.3, -0.25) is 0 Å². The van der Waals surface area contributed by atoms with E-state index in [4.69, 9.17) is 16.7 Å². The van der Waals surface area contributed by atoms with Gasteiger partial charge in [0.05, 0.1) is 0 Å². The van der Waals surface area contributed by atoms with Crippen LogP contribution in [-0.2, 0) is 11.2 Å². The second-order valence-electron chi connectivity index (χ2n) is 4.79. The molecule has 0 radical (unpaired) electrons. The van der Waals surface area contributed by atoms with Crippen molar-refractivity contribution in [2.45, 2.75) is 13.3 Å². The topological polar surface area (TPSA) is 37.3 Å². The number of benzene rings is 2. The van der Waals surface area contributed by atoms with Gasteiger partial charge in [0.2, 0.25) is 0 Å². The number of halogens is 1. The first-order valence-corrected chi connectivity index (χ1v) is 6.86. The second kappa shape index (κ2) is 4.80. The van der Waals surface area contributed by atoms with Gasteiger partial charge in [0, 0.05) is 16.7 Å². The molecule has 2 aromatic rings. The minimum Gasteiger partial charge on any atom is -0.478 e. The molecule has 1 aliphatic carbocycles. The van der Waals surface area contributed by atoms with Crippen molar-refractivity contribution in [1.29, 1.82) is 0 Å². The average Bonchev–Trinajstić information content (AvgIpc) is 2.73. The smallest absolute Gasteiger partial charge is 0.328 e. The third-order valence-corrected chi connectivity index (χ3v) is 3.94. The van der Waals surface area contributed by atoms with E-state index < -0.39 is 5.97 Å². The third-order valence-electron chi connectivity index (χ3n) is 3.62. The zero-order chi connectivity index (χ0) is 14.3. The highest BCUT2D eigenvalue weighted by Gasteiger charge is 2.26. The fourth-order valence-corrected chi connectivity index (χ4v) is 2.97. The van der Waals surface area contributed by atoms with E-state index >= 15 is 0 Å². The monoisotopic (exact) mass is 284 g/mol. The van der Waals surface area contributed by atoms with Crippen LogP contribution in [0.4, 0.5) is 0 Å². The van der Waals surface area contributed by atoms with E-state index in [1.165, 1.54) is 11.6 Å². The molecular formula is C17H13ClO2. The molecule has 0 unspecified atom stereocenters. The van der Waals surface area contributed by atoms with Crippen molar-refractivity contribution in [1.82, 2.24) is 0 Å². The molecule has 0 saturated heterocycles. The molecule has 3 rings (SSSR count). The van der Waals surface area contributed by atoms with Crippen molar-refractivity contribution in [2.24, 2.45) is 0 Å². The summed E-state index contributed by atoms with van der Waals surface area (Å²) >= 11 is 6.30. The summed E-state index contributed by atoms with van der Waals surface area (Å²) in [7, 11) is 0. The molecule has 0 amide bonds. The lowest BCUT2D eigenvalue weighted by Crippen LogP contribution is -1.92. The van der Waals surface area contributed by atoms with E-state index in [9.17, 15) is 4.79 Å². The van der Waals surface area contributed by atoms with Crippen LogP contribution in [0.5, 0.6) is 0 Å². The number of carbonyl (C=O) groups is 1. The minimum absolute atomic E-state index is 0.654. The number of aryl methyl sites for hydroxylation is 1. The third kappa shape index (κ3) is 1.93. The van der Waals surface area contributed by atoms with Crippen molar-refractivity contribution in [3.63, 3.8) is 0 Å². The molecule has 0 atom stereocenters. The Kier molecular flexibility index (Phi) is 3.11. The average molecular weight is 285 g/mol. The quantitative estimate of drug-likeness (QED) is 0.708. The van der Waals surface area contributed by atoms with Gasteiger partial charge in [0.25, 0.3) is 0 Å². The SMILES string of the molecule is CCc1ccc2c(c1)/C(=C\C(=O)O)c1cccc(Cl)c1-2. The number of rotatable bonds is 2. The Hall–Kier alpha value is -2.06. The molecule has 0 bridgehead atoms. The lowest BCUT2D eigenvalue weighted by atomic mass is 10.0. The van der Waals surface area contributed by atoms with Crippen molar-refractivity contribution in [2.75, 3.05) is 0 Å². The summed E-state index contributed by atoms with van der Waals surface area (Å²) < 4.78 is 0. The molecule has 20 heavy (non-hydrogen) atoms. The van der Waals surface area contributed by atoms with E-state index in [0.717, 1.165) is 34.2 Å². The van der Waals surface area contributed by atoms with Gasteiger partial charge in [-0.2, -0.15) is 0 Å². The van der Waals surface area contributed by atoms with E-state index in [2.05, 4.69) is 19.1 Å². The van der Waals surface area contributed by atoms with Crippen LogP contribution in [0.15, 0.2) is 42.5 Å². The normalized spacial score (nSPS) is 14.2. The Bertz CT molecular complexity index is 745. The largest absolute Gasteiger partial charge is 0.478 e. The predicted octanol–water partition coefficient (Wildman–Crippen LogP) is 4.40. The maximum Gasteiger partial charge on any atom is 0.328 e. The summed E-state index contributed by atoms with van der Waals surface area (Å²) in [6.07, 6.45) is 2.18. The summed E-state index contributed by atoms with van der Waals surface area (Å²) in [6, 6.07) is 11.8. The van der Waals surface area contributed by atoms with Crippen LogP contribution < -0.4 is 0 Å². The molecule has 100 valence electrons. The Balaban J connectivity index is 2.35. The molecule has 2 aromatic carbocycles. The molecular weight excluding hydrogens is 272 g/mol. The number of fused-ring (bicyclic) bond motifs is 3. The van der Waals surface area contributed by atoms with Crippen LogP contribution in [0.3, 0.4) is 0 Å². The number of carboxylic acids is 1. The van der Waals surface area contributed by atoms with Gasteiger partial charge in [-0.15, -0.1) is 0 Å². The van der Waals surface area contributed by atoms with Crippen LogP contribution in [-0.4, -0.2) is 11.1 Å². The highest BCUT2D eigenvalue weighted by Crippen LogP contribution is 2.47. The molecule has 0 fully saturated rings. The van der Waals surface area contributed by atoms with Gasteiger partial charge in [0.1, 0.15) is 0 Å². The van der Waals surface area contributed by atoms with Gasteiger partial charge in [-0.05, 0) is 40.3 Å². The first-order chi connectivity index (χ1) is 9.61. The van der Waals surface area contributed by atoms with Crippen molar-refractivity contribution in [3.05, 3.63) is 64.2 Å². The molecule has 1 aliphatic rings. The summed E-state index contributed by atoms with van der Waals surface area (Å²) in [6.45, 7) is 2.08. The van der Waals surface area contributed by atoms with Crippen LogP contribution in [0.1, 0.15) is 23.6 Å². The number of hydrogen-bond acceptors (Lipinski definition) is 1. The summed E-state index contributed by atoms with van der Waals surface area (Å²) in [5, 5.41) is 9.77. The number of aliphatic carboxylic acids is 1. The highest BCUT2D eigenvalue weighted by atomic mass is 35.5. The molecule has 0 heterocycles. The van der Waals surface area contributed by atoms with Crippen LogP contribution in [0.25, 0.3) is 16.7 Å². The zero-order valence-electron chi connectivity index (χ0n) is 11.0. The summed E-state index contributed by atoms with van der Waals surface area (Å²) in [5.41, 5.74) is 5.71. The highest BCUT2D eigenvalue weighted by molar-refractivity contribution is 6.34. The second-order valence-corrected chi connectivity index (χ2v) is 5.20. The Morgan fingerprint density at radius 3 is 2.70 bits per heavy atom. The first kappa shape index (κ1) is 12.9. The summed E-state index contributed by atoms with van der Waals surface area (Å²) in [5.74, 6) is -0.944. The van der Waals surface area contributed by atoms with Crippen molar-refractivity contribution in [3.8, 4) is 11.1 Å². The van der Waals surface area contributed by atoms with Gasteiger partial charge in [0.15, 0.2) is 0 Å². The van der Waals surface area contributed by atoms with Gasteiger partial charge < -0.3 is 5.11 Å². The molecule has 1 N–H and O–H groups in total. The zero-order valence-corrected chi connectivity index (χ0v) is 11.7. The minimum atomic E-state index is -0.944. The Morgan fingerprint density at radius 2 is 2.00 bits per heavy atom. The maximum absolute atomic E-state index is 11.1. The Labute approximate surface area is 122 Å². The lowest BCUT2D eigenvalue weighted by molar-refractivity contribution is -0.131. The van der Waals surface area contributed by atoms with Crippen molar-refractivity contribution < 1.29 is 9.90 Å². The predicted molar refractivity (Wildman–Crippen MR) is 81.0 cm³/mol. The molecule has 0 spiro atoms. The first-order valence-electron chi connectivity index (χ1n) is 6.49. The van der Waals surface area contributed by atoms with Crippen LogP contribution >= 0.6 is 11.6 Å². The van der Waals surface area contributed by atoms with E-state index in [1.54, 1.807) is 0 Å². The van der Waals surface area contributed by atoms with Crippen molar-refractivity contribution >= 4 is 23.1 Å². The fraction of sp³-hybridized carbons (Fsp3) is 0.118. The fourth-order valence-electron chi connectivity index (χ4n) is 2.70. The van der Waals surface area contributed by atoms with E-state index in [1.807, 2.05) is 24.3 Å². The van der Waals surface area contributed by atoms with Gasteiger partial charge in [-0.1, -0.05) is 48.9 Å². The van der Waals surface area contributed by atoms with Gasteiger partial charge in [-0.25, -0.2) is 4.79 Å². The van der Waals surface area contributed by atoms with E-state index in [-0.39, 0.29) is 0 Å².